The highest BCUT2D eigenvalue weighted by atomic mass is 28.4. The van der Waals surface area contributed by atoms with Gasteiger partial charge in [-0.1, -0.05) is 6.92 Å². The van der Waals surface area contributed by atoms with E-state index < -0.39 is 17.6 Å². The van der Waals surface area contributed by atoms with Crippen molar-refractivity contribution in [3.05, 3.63) is 0 Å². The van der Waals surface area contributed by atoms with Crippen LogP contribution in [0.2, 0.25) is 12.1 Å². The molecule has 1 amide bonds. The summed E-state index contributed by atoms with van der Waals surface area (Å²) in [6.45, 7) is 22.1. The fourth-order valence-electron chi connectivity index (χ4n) is 4.00. The van der Waals surface area contributed by atoms with Gasteiger partial charge in [0.25, 0.3) is 0 Å². The topological polar surface area (TPSA) is 75.7 Å². The van der Waals surface area contributed by atoms with Crippen molar-refractivity contribution in [2.45, 2.75) is 106 Å². The van der Waals surface area contributed by atoms with Crippen LogP contribution in [0.15, 0.2) is 0 Å². The smallest absolute Gasteiger partial charge is 0.374 e. The molecular weight excluding hydrogens is 470 g/mol. The summed E-state index contributed by atoms with van der Waals surface area (Å²) in [5.41, 5.74) is -0.238. The molecule has 0 aromatic carbocycles. The monoisotopic (exact) mass is 523 g/mol. The molecule has 0 N–H and O–H groups in total. The summed E-state index contributed by atoms with van der Waals surface area (Å²) in [5.74, 6) is 0.149. The molecular formula is C24H53NO7Si2. The summed E-state index contributed by atoms with van der Waals surface area (Å²) in [5, 5.41) is 0. The van der Waals surface area contributed by atoms with Gasteiger partial charge in [-0.3, -0.25) is 4.79 Å². The van der Waals surface area contributed by atoms with Gasteiger partial charge in [0.2, 0.25) is 5.91 Å². The fraction of sp³-hybridized carbons (Fsp3) is 0.958. The average molecular weight is 524 g/mol. The molecule has 0 atom stereocenters. The molecule has 0 unspecified atom stereocenters. The van der Waals surface area contributed by atoms with E-state index in [-0.39, 0.29) is 11.4 Å². The van der Waals surface area contributed by atoms with Crippen molar-refractivity contribution in [2.24, 2.45) is 0 Å². The number of amides is 1. The minimum absolute atomic E-state index is 0.149. The Balaban J connectivity index is 5.26. The minimum atomic E-state index is -2.74. The number of nitrogens with zero attached hydrogens (tertiary/aromatic N) is 1. The maximum absolute atomic E-state index is 13.4. The molecule has 0 aliphatic rings. The SMILES string of the molecule is CCO[Si](CCCC(=O)N(CCC[Si](OCC)(OCC)OCC)C(C)(C)CC)(OCC)OCC. The van der Waals surface area contributed by atoms with E-state index in [1.54, 1.807) is 0 Å². The standard InChI is InChI=1S/C24H53NO7Si2/c1-10-24(8,9)25(20-18-22-34(30-14-5,31-15-6)32-16-7)23(26)19-17-21-33(27-11-2,28-12-3)29-13-4/h10-22H2,1-9H3. The van der Waals surface area contributed by atoms with Crippen molar-refractivity contribution in [3.63, 3.8) is 0 Å². The minimum Gasteiger partial charge on any atom is -0.374 e. The third kappa shape index (κ3) is 11.6. The summed E-state index contributed by atoms with van der Waals surface area (Å²) in [7, 11) is -5.47. The van der Waals surface area contributed by atoms with Gasteiger partial charge in [0.05, 0.1) is 0 Å². The van der Waals surface area contributed by atoms with Gasteiger partial charge in [0, 0.05) is 70.2 Å². The van der Waals surface area contributed by atoms with E-state index >= 15 is 0 Å². The zero-order chi connectivity index (χ0) is 26.1. The van der Waals surface area contributed by atoms with Gasteiger partial charge in [-0.25, -0.2) is 0 Å². The van der Waals surface area contributed by atoms with Gasteiger partial charge in [0.15, 0.2) is 0 Å². The van der Waals surface area contributed by atoms with Crippen molar-refractivity contribution in [2.75, 3.05) is 46.2 Å². The second-order valence-electron chi connectivity index (χ2n) is 8.63. The first-order valence-electron chi connectivity index (χ1n) is 13.3. The Morgan fingerprint density at radius 2 is 1.00 bits per heavy atom. The Morgan fingerprint density at radius 3 is 1.32 bits per heavy atom. The number of hydrogen-bond donors (Lipinski definition) is 0. The quantitative estimate of drug-likeness (QED) is 0.179. The predicted molar refractivity (Wildman–Crippen MR) is 141 cm³/mol. The van der Waals surface area contributed by atoms with Gasteiger partial charge in [-0.15, -0.1) is 0 Å². The lowest BCUT2D eigenvalue weighted by Crippen LogP contribution is -2.50. The van der Waals surface area contributed by atoms with Gasteiger partial charge in [-0.05, 0) is 74.7 Å². The van der Waals surface area contributed by atoms with Crippen molar-refractivity contribution < 1.29 is 31.4 Å². The number of carbonyl (C=O) groups is 1. The summed E-state index contributed by atoms with van der Waals surface area (Å²) in [4.78, 5) is 15.4. The molecule has 10 heteroatoms. The molecule has 8 nitrogen and oxygen atoms in total. The third-order valence-corrected chi connectivity index (χ3v) is 12.1. The lowest BCUT2D eigenvalue weighted by Gasteiger charge is -2.39. The third-order valence-electron chi connectivity index (χ3n) is 5.82. The van der Waals surface area contributed by atoms with Crippen molar-refractivity contribution in [3.8, 4) is 0 Å². The molecule has 34 heavy (non-hydrogen) atoms. The van der Waals surface area contributed by atoms with Crippen LogP contribution in [0.3, 0.4) is 0 Å². The number of carbonyl (C=O) groups excluding carboxylic acids is 1. The van der Waals surface area contributed by atoms with Gasteiger partial charge in [-0.2, -0.15) is 0 Å². The van der Waals surface area contributed by atoms with Crippen LogP contribution in [0.1, 0.15) is 88.0 Å². The summed E-state index contributed by atoms with van der Waals surface area (Å²) in [6, 6.07) is 1.34. The molecule has 0 aromatic heterocycles. The molecule has 0 bridgehead atoms. The lowest BCUT2D eigenvalue weighted by molar-refractivity contribution is -0.136. The summed E-state index contributed by atoms with van der Waals surface area (Å²) >= 11 is 0. The van der Waals surface area contributed by atoms with Gasteiger partial charge in [0.1, 0.15) is 0 Å². The second-order valence-corrected chi connectivity index (χ2v) is 14.1. The zero-order valence-corrected chi connectivity index (χ0v) is 25.5. The van der Waals surface area contributed by atoms with E-state index in [2.05, 4.69) is 20.8 Å². The molecule has 0 aliphatic heterocycles. The average Bonchev–Trinajstić information content (AvgIpc) is 2.77. The largest absolute Gasteiger partial charge is 0.500 e. The van der Waals surface area contributed by atoms with Crippen LogP contribution in [0.5, 0.6) is 0 Å². The molecule has 0 aromatic rings. The normalized spacial score (nSPS) is 12.9. The molecule has 0 fully saturated rings. The highest BCUT2D eigenvalue weighted by molar-refractivity contribution is 6.61. The Kier molecular flexibility index (Phi) is 17.8. The van der Waals surface area contributed by atoms with Crippen molar-refractivity contribution in [1.29, 1.82) is 0 Å². The molecule has 0 aliphatic carbocycles. The van der Waals surface area contributed by atoms with Crippen LogP contribution in [0.25, 0.3) is 0 Å². The summed E-state index contributed by atoms with van der Waals surface area (Å²) < 4.78 is 35.8. The van der Waals surface area contributed by atoms with E-state index in [1.165, 1.54) is 0 Å². The van der Waals surface area contributed by atoms with Crippen molar-refractivity contribution >= 4 is 23.5 Å². The molecule has 0 heterocycles. The van der Waals surface area contributed by atoms with E-state index in [9.17, 15) is 4.79 Å². The first-order valence-corrected chi connectivity index (χ1v) is 17.2. The summed E-state index contributed by atoms with van der Waals surface area (Å²) in [6.07, 6.45) is 2.77. The zero-order valence-electron chi connectivity index (χ0n) is 23.5. The van der Waals surface area contributed by atoms with Crippen LogP contribution >= 0.6 is 0 Å². The molecule has 0 saturated carbocycles. The Labute approximate surface area is 211 Å². The highest BCUT2D eigenvalue weighted by Crippen LogP contribution is 2.25. The Bertz CT molecular complexity index is 503. The molecule has 0 rings (SSSR count). The molecule has 0 saturated heterocycles. The van der Waals surface area contributed by atoms with Crippen LogP contribution in [0, 0.1) is 0 Å². The van der Waals surface area contributed by atoms with E-state index in [0.29, 0.717) is 71.1 Å². The van der Waals surface area contributed by atoms with Crippen LogP contribution in [-0.2, 0) is 31.4 Å². The lowest BCUT2D eigenvalue weighted by atomic mass is 9.98. The van der Waals surface area contributed by atoms with Crippen LogP contribution in [-0.4, -0.2) is 80.1 Å². The Morgan fingerprint density at radius 1 is 0.647 bits per heavy atom. The molecule has 0 spiro atoms. The number of hydrogen-bond acceptors (Lipinski definition) is 7. The van der Waals surface area contributed by atoms with Gasteiger partial charge >= 0.3 is 17.6 Å². The Hall–Kier alpha value is -0.336. The first kappa shape index (κ1) is 33.7. The van der Waals surface area contributed by atoms with E-state index in [4.69, 9.17) is 26.6 Å². The predicted octanol–water partition coefficient (Wildman–Crippen LogP) is 5.27. The molecule has 0 radical (unpaired) electrons. The second kappa shape index (κ2) is 18.0. The van der Waals surface area contributed by atoms with E-state index in [0.717, 1.165) is 12.8 Å². The van der Waals surface area contributed by atoms with E-state index in [1.807, 2.05) is 46.4 Å². The maximum atomic E-state index is 13.4. The van der Waals surface area contributed by atoms with Crippen LogP contribution in [0.4, 0.5) is 0 Å². The first-order chi connectivity index (χ1) is 16.1. The number of rotatable bonds is 22. The fourth-order valence-corrected chi connectivity index (χ4v) is 9.21. The maximum Gasteiger partial charge on any atom is 0.500 e. The van der Waals surface area contributed by atoms with Gasteiger partial charge < -0.3 is 31.5 Å². The van der Waals surface area contributed by atoms with Crippen molar-refractivity contribution in [1.82, 2.24) is 4.90 Å². The molecule has 204 valence electrons. The highest BCUT2D eigenvalue weighted by Gasteiger charge is 2.42. The van der Waals surface area contributed by atoms with Crippen LogP contribution < -0.4 is 0 Å².